The van der Waals surface area contributed by atoms with Gasteiger partial charge in [0.15, 0.2) is 39.8 Å². The molecule has 232 valence electrons. The number of esters is 3. The minimum absolute atomic E-state index is 0.0230. The Morgan fingerprint density at radius 1 is 1.07 bits per heavy atom. The molecule has 1 aliphatic carbocycles. The highest BCUT2D eigenvalue weighted by Crippen LogP contribution is 2.41. The van der Waals surface area contributed by atoms with Crippen LogP contribution in [0.1, 0.15) is 46.3 Å². The van der Waals surface area contributed by atoms with Crippen molar-refractivity contribution >= 4 is 79.8 Å². The summed E-state index contributed by atoms with van der Waals surface area (Å²) in [5, 5.41) is 3.77. The quantitative estimate of drug-likeness (QED) is 0.152. The van der Waals surface area contributed by atoms with Crippen molar-refractivity contribution in [1.82, 2.24) is 24.5 Å². The number of thiazole rings is 1. The van der Waals surface area contributed by atoms with Crippen LogP contribution in [0.5, 0.6) is 0 Å². The van der Waals surface area contributed by atoms with Crippen molar-refractivity contribution in [2.75, 3.05) is 11.9 Å². The molecule has 44 heavy (non-hydrogen) atoms. The molecule has 3 aromatic heterocycles. The Balaban J connectivity index is 1.28. The van der Waals surface area contributed by atoms with Crippen LogP contribution in [-0.4, -0.2) is 78.6 Å². The van der Waals surface area contributed by atoms with E-state index < -0.39 is 42.4 Å². The first-order valence-electron chi connectivity index (χ1n) is 14.0. The third-order valence-corrected chi connectivity index (χ3v) is 10.0. The first-order chi connectivity index (χ1) is 21.2. The molecule has 0 radical (unpaired) electrons. The van der Waals surface area contributed by atoms with Crippen molar-refractivity contribution < 1.29 is 33.3 Å². The fourth-order valence-electron chi connectivity index (χ4n) is 5.53. The highest BCUT2D eigenvalue weighted by atomic mass is 35.5. The summed E-state index contributed by atoms with van der Waals surface area (Å²) in [6.07, 6.45) is 0.339. The number of anilines is 1. The molecule has 4 heterocycles. The zero-order valence-corrected chi connectivity index (χ0v) is 26.4. The zero-order chi connectivity index (χ0) is 31.0. The Kier molecular flexibility index (Phi) is 8.89. The van der Waals surface area contributed by atoms with E-state index in [1.54, 1.807) is 27.7 Å². The molecule has 1 saturated heterocycles. The fourth-order valence-corrected chi connectivity index (χ4v) is 8.29. The van der Waals surface area contributed by atoms with E-state index in [9.17, 15) is 14.4 Å². The molecular formula is C28H29ClN6O7S2. The van der Waals surface area contributed by atoms with Gasteiger partial charge in [-0.25, -0.2) is 9.97 Å². The summed E-state index contributed by atoms with van der Waals surface area (Å²) in [5.74, 6) is -1.33. The summed E-state index contributed by atoms with van der Waals surface area (Å²) >= 11 is 9.85. The second-order valence-corrected chi connectivity index (χ2v) is 13.3. The third-order valence-electron chi connectivity index (χ3n) is 7.31. The molecule has 4 aromatic rings. The van der Waals surface area contributed by atoms with Gasteiger partial charge in [0.2, 0.25) is 5.28 Å². The van der Waals surface area contributed by atoms with Crippen LogP contribution in [0.3, 0.4) is 0 Å². The van der Waals surface area contributed by atoms with Gasteiger partial charge >= 0.3 is 17.9 Å². The van der Waals surface area contributed by atoms with Crippen molar-refractivity contribution in [1.29, 1.82) is 0 Å². The summed E-state index contributed by atoms with van der Waals surface area (Å²) in [4.78, 5) is 53.8. The lowest BCUT2D eigenvalue weighted by Crippen LogP contribution is -2.40. The van der Waals surface area contributed by atoms with Crippen LogP contribution in [0, 0.1) is 0 Å². The highest BCUT2D eigenvalue weighted by molar-refractivity contribution is 8.01. The van der Waals surface area contributed by atoms with Gasteiger partial charge in [-0.3, -0.25) is 19.0 Å². The number of hydrogen-bond donors (Lipinski definition) is 1. The van der Waals surface area contributed by atoms with Gasteiger partial charge in [0, 0.05) is 32.1 Å². The van der Waals surface area contributed by atoms with E-state index in [0.29, 0.717) is 17.0 Å². The van der Waals surface area contributed by atoms with Crippen LogP contribution in [0.25, 0.3) is 21.4 Å². The SMILES string of the molecule is CC(=O)OC[C@H]1O[C@@H](n2cnc3c(NC4CCCC4Sc4nc5ccccc5s4)nc(Cl)nc32)[C@H](OC(C)=O)[C@@H]1OC(C)=O. The largest absolute Gasteiger partial charge is 0.463 e. The van der Waals surface area contributed by atoms with E-state index in [1.165, 1.54) is 27.1 Å². The fraction of sp³-hybridized carbons (Fsp3) is 0.464. The van der Waals surface area contributed by atoms with E-state index in [0.717, 1.165) is 33.8 Å². The predicted molar refractivity (Wildman–Crippen MR) is 163 cm³/mol. The standard InChI is InChI=1S/C28H29ClN6O7S2/c1-13(36)39-11-18-22(40-14(2)37)23(41-15(3)38)26(42-18)35-12-30-21-24(33-27(29)34-25(21)35)31-16-8-6-10-20(16)44-28-32-17-7-4-5-9-19(17)43-28/h4-5,7,9,12,16,18,20,22-23,26H,6,8,10-11H2,1-3H3,(H,31,33,34)/t16?,18-,20?,22-,23-,26-/m1/s1. The molecular weight excluding hydrogens is 632 g/mol. The highest BCUT2D eigenvalue weighted by Gasteiger charge is 2.51. The minimum Gasteiger partial charge on any atom is -0.463 e. The van der Waals surface area contributed by atoms with Crippen molar-refractivity contribution in [3.63, 3.8) is 0 Å². The molecule has 16 heteroatoms. The summed E-state index contributed by atoms with van der Waals surface area (Å²) < 4.78 is 26.1. The number of thioether (sulfide) groups is 1. The lowest BCUT2D eigenvalue weighted by Gasteiger charge is -2.24. The molecule has 1 aromatic carbocycles. The number of benzene rings is 1. The molecule has 0 spiro atoms. The Hall–Kier alpha value is -3.53. The molecule has 6 atom stereocenters. The second-order valence-electron chi connectivity index (χ2n) is 10.5. The molecule has 0 amide bonds. The lowest BCUT2D eigenvalue weighted by molar-refractivity contribution is -0.166. The molecule has 2 fully saturated rings. The first-order valence-corrected chi connectivity index (χ1v) is 16.1. The number of nitrogens with one attached hydrogen (secondary N) is 1. The van der Waals surface area contributed by atoms with Gasteiger partial charge in [-0.15, -0.1) is 11.3 Å². The summed E-state index contributed by atoms with van der Waals surface area (Å²) in [5.41, 5.74) is 1.74. The van der Waals surface area contributed by atoms with Crippen LogP contribution in [-0.2, 0) is 33.3 Å². The number of para-hydroxylation sites is 1. The van der Waals surface area contributed by atoms with E-state index in [4.69, 9.17) is 35.5 Å². The summed E-state index contributed by atoms with van der Waals surface area (Å²) in [6, 6.07) is 8.17. The molecule has 1 saturated carbocycles. The van der Waals surface area contributed by atoms with Crippen molar-refractivity contribution in [3.8, 4) is 0 Å². The topological polar surface area (TPSA) is 157 Å². The molecule has 2 unspecified atom stereocenters. The van der Waals surface area contributed by atoms with Gasteiger partial charge in [0.25, 0.3) is 0 Å². The van der Waals surface area contributed by atoms with Gasteiger partial charge in [-0.2, -0.15) is 9.97 Å². The molecule has 1 aliphatic heterocycles. The van der Waals surface area contributed by atoms with E-state index in [1.807, 2.05) is 18.2 Å². The number of aromatic nitrogens is 5. The van der Waals surface area contributed by atoms with Crippen molar-refractivity contribution in [3.05, 3.63) is 35.9 Å². The van der Waals surface area contributed by atoms with Crippen molar-refractivity contribution in [2.24, 2.45) is 0 Å². The van der Waals surface area contributed by atoms with Gasteiger partial charge in [0.1, 0.15) is 12.7 Å². The molecule has 13 nitrogen and oxygen atoms in total. The van der Waals surface area contributed by atoms with Crippen molar-refractivity contribution in [2.45, 2.75) is 80.2 Å². The monoisotopic (exact) mass is 660 g/mol. The molecule has 2 aliphatic rings. The summed E-state index contributed by atoms with van der Waals surface area (Å²) in [7, 11) is 0. The lowest BCUT2D eigenvalue weighted by atomic mass is 10.1. The predicted octanol–water partition coefficient (Wildman–Crippen LogP) is 4.54. The van der Waals surface area contributed by atoms with Gasteiger partial charge in [-0.05, 0) is 36.6 Å². The van der Waals surface area contributed by atoms with E-state index in [-0.39, 0.29) is 23.2 Å². The number of imidazole rings is 1. The number of nitrogens with zero attached hydrogens (tertiary/aromatic N) is 5. The molecule has 6 rings (SSSR count). The van der Waals surface area contributed by atoms with Gasteiger partial charge in [0.05, 0.1) is 16.5 Å². The number of rotatable bonds is 9. The maximum atomic E-state index is 12.1. The number of hydrogen-bond acceptors (Lipinski definition) is 14. The normalized spacial score (nSPS) is 24.9. The zero-order valence-electron chi connectivity index (χ0n) is 24.0. The van der Waals surface area contributed by atoms with Crippen LogP contribution < -0.4 is 5.32 Å². The number of carbonyl (C=O) groups is 3. The Labute approximate surface area is 265 Å². The molecule has 1 N–H and O–H groups in total. The number of ether oxygens (including phenoxy) is 4. The van der Waals surface area contributed by atoms with Crippen LogP contribution in [0.2, 0.25) is 5.28 Å². The Morgan fingerprint density at radius 2 is 1.84 bits per heavy atom. The maximum Gasteiger partial charge on any atom is 0.303 e. The first kappa shape index (κ1) is 30.5. The number of carbonyl (C=O) groups excluding carboxylic acids is 3. The third kappa shape index (κ3) is 6.46. The Bertz CT molecular complexity index is 1680. The minimum atomic E-state index is -1.09. The average molecular weight is 661 g/mol. The van der Waals surface area contributed by atoms with E-state index in [2.05, 4.69) is 26.3 Å². The number of halogens is 1. The average Bonchev–Trinajstić information content (AvgIpc) is 3.74. The van der Waals surface area contributed by atoms with Gasteiger partial charge < -0.3 is 24.3 Å². The number of fused-ring (bicyclic) bond motifs is 2. The van der Waals surface area contributed by atoms with Crippen LogP contribution >= 0.6 is 34.7 Å². The maximum absolute atomic E-state index is 12.1. The molecule has 0 bridgehead atoms. The van der Waals surface area contributed by atoms with Crippen LogP contribution in [0.15, 0.2) is 34.9 Å². The van der Waals surface area contributed by atoms with E-state index >= 15 is 0 Å². The Morgan fingerprint density at radius 3 is 2.59 bits per heavy atom. The van der Waals surface area contributed by atoms with Gasteiger partial charge in [-0.1, -0.05) is 30.3 Å². The second kappa shape index (κ2) is 12.8. The smallest absolute Gasteiger partial charge is 0.303 e. The summed E-state index contributed by atoms with van der Waals surface area (Å²) in [6.45, 7) is 3.48. The van der Waals surface area contributed by atoms with Crippen LogP contribution in [0.4, 0.5) is 5.82 Å².